The Morgan fingerprint density at radius 2 is 1.68 bits per heavy atom. The molecule has 3 rings (SSSR count). The highest BCUT2D eigenvalue weighted by Gasteiger charge is 2.27. The summed E-state index contributed by atoms with van der Waals surface area (Å²) in [6.45, 7) is 4.06. The highest BCUT2D eigenvalue weighted by molar-refractivity contribution is 5.21. The van der Waals surface area contributed by atoms with Crippen molar-refractivity contribution in [3.8, 4) is 0 Å². The Morgan fingerprint density at radius 1 is 0.960 bits per heavy atom. The van der Waals surface area contributed by atoms with Gasteiger partial charge < -0.3 is 10.2 Å². The molecule has 0 radical (unpaired) electrons. The van der Waals surface area contributed by atoms with Gasteiger partial charge in [-0.1, -0.05) is 60.7 Å². The van der Waals surface area contributed by atoms with Gasteiger partial charge in [0.15, 0.2) is 0 Å². The van der Waals surface area contributed by atoms with Crippen molar-refractivity contribution in [3.63, 3.8) is 0 Å². The third-order valence-electron chi connectivity index (χ3n) is 4.60. The summed E-state index contributed by atoms with van der Waals surface area (Å²) in [5.41, 5.74) is 12.3. The van der Waals surface area contributed by atoms with Crippen molar-refractivity contribution >= 4 is 0 Å². The van der Waals surface area contributed by atoms with E-state index in [1.165, 1.54) is 11.1 Å². The smallest absolute Gasteiger partial charge is 0.0655 e. The maximum Gasteiger partial charge on any atom is 0.0655 e. The highest BCUT2D eigenvalue weighted by atomic mass is 15.7. The average molecular weight is 339 g/mol. The summed E-state index contributed by atoms with van der Waals surface area (Å²) >= 11 is 0. The Balaban J connectivity index is 1.33. The van der Waals surface area contributed by atoms with Crippen LogP contribution in [0.3, 0.4) is 0 Å². The Hall–Kier alpha value is -1.76. The van der Waals surface area contributed by atoms with E-state index in [0.29, 0.717) is 6.04 Å². The Bertz CT molecular complexity index is 604. The number of hydrogen-bond acceptors (Lipinski definition) is 5. The number of nitrogens with zero attached hydrogens (tertiary/aromatic N) is 1. The van der Waals surface area contributed by atoms with Crippen molar-refractivity contribution in [2.45, 2.75) is 25.0 Å². The van der Waals surface area contributed by atoms with Gasteiger partial charge in [-0.2, -0.15) is 5.53 Å². The first kappa shape index (κ1) is 18.0. The van der Waals surface area contributed by atoms with Gasteiger partial charge in [0.05, 0.1) is 12.1 Å². The number of nitrogens with one attached hydrogen (secondary N) is 4. The molecule has 0 aliphatic carbocycles. The van der Waals surface area contributed by atoms with Crippen LogP contribution < -0.4 is 21.7 Å². The van der Waals surface area contributed by atoms with Crippen LogP contribution in [0.15, 0.2) is 60.7 Å². The van der Waals surface area contributed by atoms with Gasteiger partial charge in [-0.3, -0.25) is 0 Å². The molecule has 0 amide bonds. The molecule has 4 N–H and O–H groups in total. The number of rotatable bonds is 9. The molecular weight excluding hydrogens is 310 g/mol. The molecule has 1 heterocycles. The van der Waals surface area contributed by atoms with E-state index in [4.69, 9.17) is 0 Å². The molecule has 134 valence electrons. The van der Waals surface area contributed by atoms with Crippen LogP contribution in [-0.2, 0) is 6.54 Å². The van der Waals surface area contributed by atoms with Crippen LogP contribution in [-0.4, -0.2) is 37.6 Å². The largest absolute Gasteiger partial charge is 0.315 e. The lowest BCUT2D eigenvalue weighted by atomic mass is 10.0. The van der Waals surface area contributed by atoms with Crippen molar-refractivity contribution in [2.24, 2.45) is 0 Å². The minimum atomic E-state index is 0.287. The van der Waals surface area contributed by atoms with E-state index in [-0.39, 0.29) is 6.04 Å². The van der Waals surface area contributed by atoms with Crippen LogP contribution in [0.5, 0.6) is 0 Å². The predicted octanol–water partition coefficient (Wildman–Crippen LogP) is 1.82. The minimum Gasteiger partial charge on any atom is -0.315 e. The molecule has 0 aromatic heterocycles. The Labute approximate surface area is 150 Å². The Morgan fingerprint density at radius 3 is 2.44 bits per heavy atom. The van der Waals surface area contributed by atoms with Crippen molar-refractivity contribution in [1.29, 1.82) is 0 Å². The monoisotopic (exact) mass is 339 g/mol. The quantitative estimate of drug-likeness (QED) is 0.525. The summed E-state index contributed by atoms with van der Waals surface area (Å²) in [6, 6.07) is 21.8. The normalized spacial score (nSPS) is 20.2. The molecule has 0 saturated carbocycles. The SMILES string of the molecule is CN(CCCNCC1NNNC1c1ccccc1)Cc1ccccc1. The number of hydrogen-bond donors (Lipinski definition) is 4. The van der Waals surface area contributed by atoms with Crippen LogP contribution in [0.4, 0.5) is 0 Å². The summed E-state index contributed by atoms with van der Waals surface area (Å²) in [7, 11) is 2.19. The first-order chi connectivity index (χ1) is 12.3. The molecule has 2 atom stereocenters. The summed E-state index contributed by atoms with van der Waals surface area (Å²) in [4.78, 5) is 2.38. The second kappa shape index (κ2) is 9.65. The van der Waals surface area contributed by atoms with Gasteiger partial charge in [0.2, 0.25) is 0 Å². The zero-order chi connectivity index (χ0) is 17.3. The first-order valence-electron chi connectivity index (χ1n) is 9.07. The lowest BCUT2D eigenvalue weighted by Gasteiger charge is -2.20. The molecule has 1 aliphatic heterocycles. The van der Waals surface area contributed by atoms with Gasteiger partial charge in [0.1, 0.15) is 0 Å². The number of benzene rings is 2. The van der Waals surface area contributed by atoms with E-state index in [2.05, 4.69) is 94.3 Å². The third-order valence-corrected chi connectivity index (χ3v) is 4.60. The molecule has 25 heavy (non-hydrogen) atoms. The lowest BCUT2D eigenvalue weighted by Crippen LogP contribution is -2.40. The van der Waals surface area contributed by atoms with E-state index in [1.807, 2.05) is 0 Å². The van der Waals surface area contributed by atoms with Crippen LogP contribution in [0, 0.1) is 0 Å². The van der Waals surface area contributed by atoms with E-state index in [1.54, 1.807) is 0 Å². The highest BCUT2D eigenvalue weighted by Crippen LogP contribution is 2.17. The zero-order valence-electron chi connectivity index (χ0n) is 14.9. The van der Waals surface area contributed by atoms with Gasteiger partial charge in [0.25, 0.3) is 0 Å². The van der Waals surface area contributed by atoms with Crippen molar-refractivity contribution in [2.75, 3.05) is 26.7 Å². The van der Waals surface area contributed by atoms with Crippen LogP contribution in [0.2, 0.25) is 0 Å². The molecule has 1 fully saturated rings. The van der Waals surface area contributed by atoms with Gasteiger partial charge in [0, 0.05) is 13.1 Å². The average Bonchev–Trinajstić information content (AvgIpc) is 3.11. The van der Waals surface area contributed by atoms with Gasteiger partial charge in [-0.15, -0.1) is 0 Å². The van der Waals surface area contributed by atoms with E-state index in [9.17, 15) is 0 Å². The molecule has 5 heteroatoms. The second-order valence-electron chi connectivity index (χ2n) is 6.69. The topological polar surface area (TPSA) is 51.4 Å². The molecule has 0 bridgehead atoms. The Kier molecular flexibility index (Phi) is 6.97. The van der Waals surface area contributed by atoms with Gasteiger partial charge >= 0.3 is 0 Å². The maximum atomic E-state index is 3.58. The van der Waals surface area contributed by atoms with E-state index < -0.39 is 0 Å². The van der Waals surface area contributed by atoms with Crippen molar-refractivity contribution in [3.05, 3.63) is 71.8 Å². The molecule has 5 nitrogen and oxygen atoms in total. The fourth-order valence-corrected chi connectivity index (χ4v) is 3.25. The minimum absolute atomic E-state index is 0.287. The summed E-state index contributed by atoms with van der Waals surface area (Å²) in [5, 5.41) is 3.58. The van der Waals surface area contributed by atoms with Crippen LogP contribution in [0.1, 0.15) is 23.6 Å². The van der Waals surface area contributed by atoms with Crippen LogP contribution >= 0.6 is 0 Å². The molecular formula is C20H29N5. The summed E-state index contributed by atoms with van der Waals surface area (Å²) in [5.74, 6) is 0. The van der Waals surface area contributed by atoms with E-state index in [0.717, 1.165) is 32.6 Å². The van der Waals surface area contributed by atoms with Gasteiger partial charge in [-0.05, 0) is 37.7 Å². The second-order valence-corrected chi connectivity index (χ2v) is 6.69. The predicted molar refractivity (Wildman–Crippen MR) is 103 cm³/mol. The third kappa shape index (κ3) is 5.63. The summed E-state index contributed by atoms with van der Waals surface area (Å²) in [6.07, 6.45) is 1.15. The molecule has 1 aliphatic rings. The molecule has 2 aromatic rings. The fraction of sp³-hybridized carbons (Fsp3) is 0.400. The molecule has 1 saturated heterocycles. The molecule has 0 spiro atoms. The maximum absolute atomic E-state index is 3.58. The van der Waals surface area contributed by atoms with E-state index >= 15 is 0 Å². The summed E-state index contributed by atoms with van der Waals surface area (Å²) < 4.78 is 0. The van der Waals surface area contributed by atoms with Crippen molar-refractivity contribution in [1.82, 2.24) is 26.6 Å². The fourth-order valence-electron chi connectivity index (χ4n) is 3.25. The lowest BCUT2D eigenvalue weighted by molar-refractivity contribution is 0.318. The standard InChI is InChI=1S/C20H29N5/c1-25(16-17-9-4-2-5-10-17)14-8-13-21-15-19-20(23-24-22-19)18-11-6-3-7-12-18/h2-7,9-12,19-24H,8,13-16H2,1H3. The zero-order valence-corrected chi connectivity index (χ0v) is 14.9. The van der Waals surface area contributed by atoms with Gasteiger partial charge in [-0.25, -0.2) is 10.9 Å². The molecule has 2 aromatic carbocycles. The van der Waals surface area contributed by atoms with Crippen LogP contribution in [0.25, 0.3) is 0 Å². The number of hydrazine groups is 2. The molecule has 2 unspecified atom stereocenters. The van der Waals surface area contributed by atoms with Crippen molar-refractivity contribution < 1.29 is 0 Å². The first-order valence-corrected chi connectivity index (χ1v) is 9.07.